The molecular weight excluding hydrogens is 404 g/mol. The van der Waals surface area contributed by atoms with E-state index in [2.05, 4.69) is 50.9 Å². The van der Waals surface area contributed by atoms with Gasteiger partial charge in [0.25, 0.3) is 0 Å². The fourth-order valence-corrected chi connectivity index (χ4v) is 4.84. The first-order chi connectivity index (χ1) is 15.2. The van der Waals surface area contributed by atoms with Crippen LogP contribution < -0.4 is 16.4 Å². The molecule has 0 saturated heterocycles. The van der Waals surface area contributed by atoms with E-state index in [0.29, 0.717) is 0 Å². The maximum absolute atomic E-state index is 6.67. The molecule has 0 saturated carbocycles. The van der Waals surface area contributed by atoms with Crippen LogP contribution in [0.25, 0.3) is 20.8 Å². The predicted molar refractivity (Wildman–Crippen MR) is 129 cm³/mol. The van der Waals surface area contributed by atoms with Crippen molar-refractivity contribution in [3.05, 3.63) is 78.1 Å². The lowest BCUT2D eigenvalue weighted by molar-refractivity contribution is 0.340. The molecule has 3 aromatic rings. The summed E-state index contributed by atoms with van der Waals surface area (Å²) in [5.74, 6) is -0.120. The monoisotopic (exact) mass is 430 g/mol. The number of hydrogen-bond acceptors (Lipinski definition) is 7. The van der Waals surface area contributed by atoms with Gasteiger partial charge < -0.3 is 10.6 Å². The van der Waals surface area contributed by atoms with E-state index in [-0.39, 0.29) is 0 Å². The molecule has 7 heteroatoms. The smallest absolute Gasteiger partial charge is 0.210 e. The van der Waals surface area contributed by atoms with Crippen LogP contribution in [0.4, 0.5) is 0 Å². The van der Waals surface area contributed by atoms with Gasteiger partial charge in [0.2, 0.25) is 5.79 Å². The normalized spacial score (nSPS) is 20.7. The second kappa shape index (κ2) is 8.63. The highest BCUT2D eigenvalue weighted by Crippen LogP contribution is 2.32. The molecule has 4 N–H and O–H groups in total. The Morgan fingerprint density at radius 1 is 1.13 bits per heavy atom. The molecular formula is C24H26N6S. The van der Waals surface area contributed by atoms with E-state index in [4.69, 9.17) is 10.7 Å². The molecule has 0 bridgehead atoms. The number of hydrogen-bond donors (Lipinski definition) is 3. The lowest BCUT2D eigenvalue weighted by Gasteiger charge is -2.32. The van der Waals surface area contributed by atoms with Gasteiger partial charge in [-0.15, -0.1) is 11.3 Å². The summed E-state index contributed by atoms with van der Waals surface area (Å²) in [6.45, 7) is 4.08. The van der Waals surface area contributed by atoms with Crippen LogP contribution in [0.2, 0.25) is 0 Å². The number of rotatable bonds is 7. The topological polar surface area (TPSA) is 78.6 Å². The summed E-state index contributed by atoms with van der Waals surface area (Å²) in [5, 5.41) is 7.81. The van der Waals surface area contributed by atoms with Gasteiger partial charge in [0.05, 0.1) is 10.2 Å². The molecule has 0 radical (unpaired) electrons. The van der Waals surface area contributed by atoms with E-state index < -0.39 is 5.79 Å². The van der Waals surface area contributed by atoms with Crippen molar-refractivity contribution in [2.24, 2.45) is 10.7 Å². The van der Waals surface area contributed by atoms with Crippen LogP contribution in [-0.2, 0) is 5.79 Å². The molecule has 5 rings (SSSR count). The van der Waals surface area contributed by atoms with E-state index in [1.54, 1.807) is 17.6 Å². The summed E-state index contributed by atoms with van der Waals surface area (Å²) in [7, 11) is 0. The van der Waals surface area contributed by atoms with E-state index >= 15 is 0 Å². The van der Waals surface area contributed by atoms with Crippen LogP contribution in [0.1, 0.15) is 12.0 Å². The molecule has 0 amide bonds. The molecule has 0 fully saturated rings. The van der Waals surface area contributed by atoms with Crippen LogP contribution >= 0.6 is 11.3 Å². The molecule has 1 atom stereocenters. The van der Waals surface area contributed by atoms with Crippen LogP contribution in [0.15, 0.2) is 77.6 Å². The maximum atomic E-state index is 6.67. The minimum Gasteiger partial charge on any atom is -0.372 e. The second-order valence-corrected chi connectivity index (χ2v) is 8.86. The Balaban J connectivity index is 1.26. The molecule has 2 aromatic carbocycles. The highest BCUT2D eigenvalue weighted by Gasteiger charge is 2.29. The zero-order valence-corrected chi connectivity index (χ0v) is 18.1. The average molecular weight is 431 g/mol. The molecule has 158 valence electrons. The third kappa shape index (κ3) is 4.39. The van der Waals surface area contributed by atoms with Gasteiger partial charge in [-0.2, -0.15) is 0 Å². The summed E-state index contributed by atoms with van der Waals surface area (Å²) < 4.78 is 1.18. The maximum Gasteiger partial charge on any atom is 0.210 e. The number of allylic oxidation sites excluding steroid dienone is 1. The van der Waals surface area contributed by atoms with Gasteiger partial charge >= 0.3 is 0 Å². The van der Waals surface area contributed by atoms with Crippen molar-refractivity contribution in [1.29, 1.82) is 0 Å². The van der Waals surface area contributed by atoms with Gasteiger partial charge in [-0.25, -0.2) is 9.98 Å². The van der Waals surface area contributed by atoms with Gasteiger partial charge in [0.1, 0.15) is 10.8 Å². The van der Waals surface area contributed by atoms with Gasteiger partial charge in [0.15, 0.2) is 0 Å². The summed E-state index contributed by atoms with van der Waals surface area (Å²) >= 11 is 1.69. The van der Waals surface area contributed by atoms with Crippen molar-refractivity contribution >= 4 is 27.8 Å². The number of benzene rings is 2. The number of fused-ring (bicyclic) bond motifs is 1. The van der Waals surface area contributed by atoms with Crippen molar-refractivity contribution in [2.45, 2.75) is 12.2 Å². The third-order valence-corrected chi connectivity index (χ3v) is 6.63. The SMILES string of the molecule is NC1(c2cccc(-c3nc4ccccc4s3)c2)N=CC=C(NCCCN2CC=CC2)N1. The number of aliphatic imine (C=N–C) groups is 1. The lowest BCUT2D eigenvalue weighted by Crippen LogP contribution is -2.52. The Morgan fingerprint density at radius 3 is 2.87 bits per heavy atom. The Hall–Kier alpha value is -3.00. The van der Waals surface area contributed by atoms with Crippen LogP contribution in [-0.4, -0.2) is 42.3 Å². The van der Waals surface area contributed by atoms with Crippen molar-refractivity contribution in [3.8, 4) is 10.6 Å². The average Bonchev–Trinajstić information content (AvgIpc) is 3.47. The predicted octanol–water partition coefficient (Wildman–Crippen LogP) is 3.40. The molecule has 31 heavy (non-hydrogen) atoms. The van der Waals surface area contributed by atoms with Crippen molar-refractivity contribution in [2.75, 3.05) is 26.2 Å². The Kier molecular flexibility index (Phi) is 5.55. The van der Waals surface area contributed by atoms with Crippen LogP contribution in [0, 0.1) is 0 Å². The minimum atomic E-state index is -1.01. The molecule has 1 unspecified atom stereocenters. The zero-order valence-electron chi connectivity index (χ0n) is 17.3. The minimum absolute atomic E-state index is 0.880. The lowest BCUT2D eigenvalue weighted by atomic mass is 10.0. The largest absolute Gasteiger partial charge is 0.372 e. The Bertz CT molecular complexity index is 1120. The van der Waals surface area contributed by atoms with E-state index in [1.807, 2.05) is 36.4 Å². The van der Waals surface area contributed by atoms with Crippen molar-refractivity contribution in [1.82, 2.24) is 20.5 Å². The molecule has 0 aliphatic carbocycles. The quantitative estimate of drug-likeness (QED) is 0.396. The summed E-state index contributed by atoms with van der Waals surface area (Å²) in [6, 6.07) is 16.4. The van der Waals surface area contributed by atoms with Gasteiger partial charge in [-0.05, 0) is 30.7 Å². The van der Waals surface area contributed by atoms with Gasteiger partial charge in [-0.1, -0.05) is 42.5 Å². The fourth-order valence-electron chi connectivity index (χ4n) is 3.87. The standard InChI is InChI=1S/C24H26N6S/c25-24(27-13-11-22(29-24)26-12-6-16-30-14-3-4-15-30)19-8-5-7-18(17-19)23-28-20-9-1-2-10-21(20)31-23/h1-5,7-11,13,17,26,29H,6,12,14-16,25H2. The van der Waals surface area contributed by atoms with Crippen molar-refractivity contribution < 1.29 is 0 Å². The Morgan fingerprint density at radius 2 is 2.00 bits per heavy atom. The van der Waals surface area contributed by atoms with E-state index in [9.17, 15) is 0 Å². The summed E-state index contributed by atoms with van der Waals surface area (Å²) in [5.41, 5.74) is 9.63. The zero-order chi connectivity index (χ0) is 21.1. The highest BCUT2D eigenvalue weighted by atomic mass is 32.1. The third-order valence-electron chi connectivity index (χ3n) is 5.55. The molecule has 0 spiro atoms. The number of thiazole rings is 1. The van der Waals surface area contributed by atoms with Crippen LogP contribution in [0.5, 0.6) is 0 Å². The number of nitrogens with zero attached hydrogens (tertiary/aromatic N) is 3. The second-order valence-electron chi connectivity index (χ2n) is 7.83. The van der Waals surface area contributed by atoms with Crippen LogP contribution in [0.3, 0.4) is 0 Å². The number of nitrogens with two attached hydrogens (primary N) is 1. The van der Waals surface area contributed by atoms with Gasteiger partial charge in [0, 0.05) is 43.5 Å². The molecule has 2 aliphatic rings. The molecule has 2 aliphatic heterocycles. The molecule has 3 heterocycles. The van der Waals surface area contributed by atoms with E-state index in [1.165, 1.54) is 4.70 Å². The molecule has 1 aromatic heterocycles. The van der Waals surface area contributed by atoms with E-state index in [0.717, 1.165) is 60.1 Å². The fraction of sp³-hybridized carbons (Fsp3) is 0.250. The number of aromatic nitrogens is 1. The first kappa shape index (κ1) is 19.9. The summed E-state index contributed by atoms with van der Waals surface area (Å²) in [4.78, 5) is 11.7. The Labute approximate surface area is 186 Å². The summed E-state index contributed by atoms with van der Waals surface area (Å²) in [6.07, 6.45) is 9.22. The molecule has 6 nitrogen and oxygen atoms in total. The van der Waals surface area contributed by atoms with Crippen molar-refractivity contribution in [3.63, 3.8) is 0 Å². The highest BCUT2D eigenvalue weighted by molar-refractivity contribution is 7.21. The van der Waals surface area contributed by atoms with Gasteiger partial charge in [-0.3, -0.25) is 10.6 Å². The number of nitrogens with one attached hydrogen (secondary N) is 2. The number of para-hydroxylation sites is 1. The first-order valence-corrected chi connectivity index (χ1v) is 11.4. The first-order valence-electron chi connectivity index (χ1n) is 10.6.